The maximum Gasteiger partial charge on any atom is 0.213 e. The van der Waals surface area contributed by atoms with Gasteiger partial charge in [0.25, 0.3) is 0 Å². The second-order valence-electron chi connectivity index (χ2n) is 3.03. The average Bonchev–Trinajstić information content (AvgIpc) is 2.08. The Labute approximate surface area is 76.4 Å². The standard InChI is InChI=1S/C5H4FNO.C4H9N/c6-5-2-1-4(8)3-7-5;5-4-2-1-3-4/h1-3,8H;4H,1-3,5H2. The van der Waals surface area contributed by atoms with E-state index in [-0.39, 0.29) is 5.75 Å². The molecule has 1 aliphatic carbocycles. The van der Waals surface area contributed by atoms with Crippen LogP contribution in [-0.4, -0.2) is 16.1 Å². The first-order valence-electron chi connectivity index (χ1n) is 4.24. The van der Waals surface area contributed by atoms with E-state index in [0.717, 1.165) is 12.3 Å². The third-order valence-corrected chi connectivity index (χ3v) is 1.86. The highest BCUT2D eigenvalue weighted by atomic mass is 19.1. The van der Waals surface area contributed by atoms with Crippen molar-refractivity contribution in [3.05, 3.63) is 24.3 Å². The Morgan fingerprint density at radius 2 is 2.08 bits per heavy atom. The van der Waals surface area contributed by atoms with E-state index in [9.17, 15) is 4.39 Å². The molecule has 3 nitrogen and oxygen atoms in total. The first-order valence-corrected chi connectivity index (χ1v) is 4.24. The van der Waals surface area contributed by atoms with Crippen molar-refractivity contribution in [1.29, 1.82) is 0 Å². The number of nitrogens with zero attached hydrogens (tertiary/aromatic N) is 1. The van der Waals surface area contributed by atoms with E-state index in [1.54, 1.807) is 0 Å². The molecule has 0 aromatic carbocycles. The highest BCUT2D eigenvalue weighted by Crippen LogP contribution is 2.14. The average molecular weight is 184 g/mol. The zero-order valence-electron chi connectivity index (χ0n) is 7.28. The minimum Gasteiger partial charge on any atom is -0.506 e. The smallest absolute Gasteiger partial charge is 0.213 e. The molecule has 1 fully saturated rings. The number of halogens is 1. The van der Waals surface area contributed by atoms with Gasteiger partial charge in [-0.1, -0.05) is 6.42 Å². The molecule has 0 unspecified atom stereocenters. The summed E-state index contributed by atoms with van der Waals surface area (Å²) in [6, 6.07) is 2.90. The van der Waals surface area contributed by atoms with E-state index < -0.39 is 5.95 Å². The summed E-state index contributed by atoms with van der Waals surface area (Å²) in [6.45, 7) is 0. The van der Waals surface area contributed by atoms with Gasteiger partial charge in [-0.25, -0.2) is 4.98 Å². The van der Waals surface area contributed by atoms with Crippen molar-refractivity contribution in [1.82, 2.24) is 4.98 Å². The van der Waals surface area contributed by atoms with Gasteiger partial charge in [-0.05, 0) is 25.0 Å². The highest BCUT2D eigenvalue weighted by Gasteiger charge is 2.09. The van der Waals surface area contributed by atoms with Gasteiger partial charge in [-0.2, -0.15) is 4.39 Å². The Hall–Kier alpha value is -1.16. The fourth-order valence-electron chi connectivity index (χ4n) is 0.808. The molecule has 0 radical (unpaired) electrons. The summed E-state index contributed by atoms with van der Waals surface area (Å²) in [5.41, 5.74) is 5.38. The third kappa shape index (κ3) is 3.85. The largest absolute Gasteiger partial charge is 0.506 e. The monoisotopic (exact) mass is 184 g/mol. The van der Waals surface area contributed by atoms with Crippen molar-refractivity contribution >= 4 is 0 Å². The molecule has 4 heteroatoms. The number of hydrogen-bond acceptors (Lipinski definition) is 3. The van der Waals surface area contributed by atoms with Crippen LogP contribution in [0.1, 0.15) is 19.3 Å². The number of nitrogens with two attached hydrogens (primary N) is 1. The molecule has 1 aliphatic rings. The predicted octanol–water partition coefficient (Wildman–Crippen LogP) is 1.42. The lowest BCUT2D eigenvalue weighted by Crippen LogP contribution is -2.27. The minimum absolute atomic E-state index is 0.0219. The first kappa shape index (κ1) is 9.92. The zero-order valence-corrected chi connectivity index (χ0v) is 7.28. The Bertz CT molecular complexity index is 225. The topological polar surface area (TPSA) is 59.1 Å². The first-order chi connectivity index (χ1) is 6.18. The molecule has 1 aromatic rings. The Morgan fingerprint density at radius 3 is 2.31 bits per heavy atom. The summed E-state index contributed by atoms with van der Waals surface area (Å²) >= 11 is 0. The lowest BCUT2D eigenvalue weighted by molar-refractivity contribution is 0.418. The van der Waals surface area contributed by atoms with Crippen LogP contribution in [0.4, 0.5) is 4.39 Å². The second-order valence-corrected chi connectivity index (χ2v) is 3.03. The molecule has 1 saturated carbocycles. The molecule has 0 bridgehead atoms. The molecular formula is C9H13FN2O. The SMILES string of the molecule is NC1CCC1.Oc1ccc(F)nc1. The van der Waals surface area contributed by atoms with E-state index in [4.69, 9.17) is 10.8 Å². The third-order valence-electron chi connectivity index (χ3n) is 1.86. The fraction of sp³-hybridized carbons (Fsp3) is 0.444. The van der Waals surface area contributed by atoms with Crippen LogP contribution in [0, 0.1) is 5.95 Å². The van der Waals surface area contributed by atoms with Gasteiger partial charge >= 0.3 is 0 Å². The van der Waals surface area contributed by atoms with Gasteiger partial charge in [0.05, 0.1) is 6.20 Å². The summed E-state index contributed by atoms with van der Waals surface area (Å²) in [5, 5.41) is 8.53. The van der Waals surface area contributed by atoms with Gasteiger partial charge in [0.2, 0.25) is 5.95 Å². The van der Waals surface area contributed by atoms with Crippen molar-refractivity contribution in [2.24, 2.45) is 5.73 Å². The van der Waals surface area contributed by atoms with E-state index in [2.05, 4.69) is 4.98 Å². The van der Waals surface area contributed by atoms with Crippen LogP contribution in [0.25, 0.3) is 0 Å². The van der Waals surface area contributed by atoms with Crippen LogP contribution in [0.2, 0.25) is 0 Å². The van der Waals surface area contributed by atoms with E-state index >= 15 is 0 Å². The molecule has 0 aliphatic heterocycles. The molecule has 72 valence electrons. The summed E-state index contributed by atoms with van der Waals surface area (Å²) < 4.78 is 11.9. The summed E-state index contributed by atoms with van der Waals surface area (Å²) in [6.07, 6.45) is 4.94. The van der Waals surface area contributed by atoms with E-state index in [1.165, 1.54) is 25.3 Å². The van der Waals surface area contributed by atoms with Crippen LogP contribution in [-0.2, 0) is 0 Å². The number of rotatable bonds is 0. The van der Waals surface area contributed by atoms with Crippen LogP contribution in [0.5, 0.6) is 5.75 Å². The lowest BCUT2D eigenvalue weighted by atomic mass is 9.95. The van der Waals surface area contributed by atoms with Crippen LogP contribution in [0.3, 0.4) is 0 Å². The molecule has 1 aromatic heterocycles. The van der Waals surface area contributed by atoms with Gasteiger partial charge < -0.3 is 10.8 Å². The number of aromatic nitrogens is 1. The van der Waals surface area contributed by atoms with Gasteiger partial charge in [-0.3, -0.25) is 0 Å². The van der Waals surface area contributed by atoms with Gasteiger partial charge in [0.15, 0.2) is 0 Å². The second kappa shape index (κ2) is 4.77. The molecular weight excluding hydrogens is 171 g/mol. The summed E-state index contributed by atoms with van der Waals surface area (Å²) in [4.78, 5) is 3.16. The summed E-state index contributed by atoms with van der Waals surface area (Å²) in [7, 11) is 0. The minimum atomic E-state index is -0.581. The van der Waals surface area contributed by atoms with Gasteiger partial charge in [0, 0.05) is 6.04 Å². The van der Waals surface area contributed by atoms with Crippen molar-refractivity contribution in [3.63, 3.8) is 0 Å². The Kier molecular flexibility index (Phi) is 3.64. The number of hydrogen-bond donors (Lipinski definition) is 2. The van der Waals surface area contributed by atoms with Crippen LogP contribution in [0.15, 0.2) is 18.3 Å². The molecule has 0 amide bonds. The predicted molar refractivity (Wildman–Crippen MR) is 47.7 cm³/mol. The Morgan fingerprint density at radius 1 is 1.46 bits per heavy atom. The maximum atomic E-state index is 11.9. The molecule has 0 spiro atoms. The molecule has 0 atom stereocenters. The van der Waals surface area contributed by atoms with Crippen molar-refractivity contribution in [3.8, 4) is 5.75 Å². The highest BCUT2D eigenvalue weighted by molar-refractivity contribution is 5.13. The van der Waals surface area contributed by atoms with Crippen molar-refractivity contribution in [2.45, 2.75) is 25.3 Å². The molecule has 3 N–H and O–H groups in total. The Balaban J connectivity index is 0.000000145. The molecule has 0 saturated heterocycles. The fourth-order valence-corrected chi connectivity index (χ4v) is 0.808. The van der Waals surface area contributed by atoms with Crippen LogP contribution < -0.4 is 5.73 Å². The quantitative estimate of drug-likeness (QED) is 0.599. The maximum absolute atomic E-state index is 11.9. The molecule has 2 rings (SSSR count). The van der Waals surface area contributed by atoms with Crippen molar-refractivity contribution in [2.75, 3.05) is 0 Å². The van der Waals surface area contributed by atoms with E-state index in [0.29, 0.717) is 6.04 Å². The van der Waals surface area contributed by atoms with Crippen LogP contribution >= 0.6 is 0 Å². The van der Waals surface area contributed by atoms with E-state index in [1.807, 2.05) is 0 Å². The normalized spacial score (nSPS) is 15.5. The number of aromatic hydroxyl groups is 1. The van der Waals surface area contributed by atoms with Gasteiger partial charge in [-0.15, -0.1) is 0 Å². The lowest BCUT2D eigenvalue weighted by Gasteiger charge is -2.18. The summed E-state index contributed by atoms with van der Waals surface area (Å²) in [5.74, 6) is -0.603. The molecule has 13 heavy (non-hydrogen) atoms. The van der Waals surface area contributed by atoms with Gasteiger partial charge in [0.1, 0.15) is 5.75 Å². The molecule has 1 heterocycles. The number of pyridine rings is 1. The van der Waals surface area contributed by atoms with Crippen molar-refractivity contribution < 1.29 is 9.50 Å². The zero-order chi connectivity index (χ0) is 9.68.